The lowest BCUT2D eigenvalue weighted by Crippen LogP contribution is -2.50. The second kappa shape index (κ2) is 10.0. The molecule has 0 aromatic heterocycles. The molecule has 2 saturated heterocycles. The second-order valence-electron chi connectivity index (χ2n) is 9.99. The molecule has 3 fully saturated rings. The summed E-state index contributed by atoms with van der Waals surface area (Å²) >= 11 is 0. The first-order chi connectivity index (χ1) is 15.0. The van der Waals surface area contributed by atoms with Crippen molar-refractivity contribution in [2.45, 2.75) is 57.5 Å². The van der Waals surface area contributed by atoms with Crippen LogP contribution in [-0.2, 0) is 11.3 Å². The molecule has 1 aromatic rings. The minimum atomic E-state index is 0.0618. The molecule has 0 unspecified atom stereocenters. The molecule has 1 spiro atoms. The summed E-state index contributed by atoms with van der Waals surface area (Å²) in [5.74, 6) is 1.02. The number of guanidine groups is 1. The summed E-state index contributed by atoms with van der Waals surface area (Å²) in [4.78, 5) is 23.6. The Balaban J connectivity index is 1.35. The Morgan fingerprint density at radius 1 is 1.10 bits per heavy atom. The van der Waals surface area contributed by atoms with Gasteiger partial charge in [-0.05, 0) is 43.1 Å². The van der Waals surface area contributed by atoms with Gasteiger partial charge in [-0.2, -0.15) is 0 Å². The number of likely N-dealkylation sites (tertiary alicyclic amines) is 2. The second-order valence-corrected chi connectivity index (χ2v) is 9.99. The van der Waals surface area contributed by atoms with Crippen LogP contribution in [0.25, 0.3) is 0 Å². The Morgan fingerprint density at radius 2 is 1.81 bits per heavy atom. The third-order valence-corrected chi connectivity index (χ3v) is 7.43. The normalized spacial score (nSPS) is 22.3. The van der Waals surface area contributed by atoms with E-state index in [1.165, 1.54) is 37.7 Å². The summed E-state index contributed by atoms with van der Waals surface area (Å²) in [7, 11) is 3.60. The van der Waals surface area contributed by atoms with E-state index in [1.807, 2.05) is 0 Å². The Morgan fingerprint density at radius 3 is 2.48 bits per heavy atom. The van der Waals surface area contributed by atoms with Gasteiger partial charge < -0.3 is 15.1 Å². The van der Waals surface area contributed by atoms with E-state index in [9.17, 15) is 4.79 Å². The van der Waals surface area contributed by atoms with Gasteiger partial charge in [0.15, 0.2) is 5.96 Å². The zero-order valence-corrected chi connectivity index (χ0v) is 19.4. The average Bonchev–Trinajstić information content (AvgIpc) is 3.42. The molecule has 6 heteroatoms. The zero-order chi connectivity index (χ0) is 21.7. The van der Waals surface area contributed by atoms with Gasteiger partial charge in [-0.25, -0.2) is 4.99 Å². The molecular formula is C25H39N5O. The molecule has 1 aromatic carbocycles. The van der Waals surface area contributed by atoms with E-state index >= 15 is 0 Å². The maximum Gasteiger partial charge on any atom is 0.243 e. The van der Waals surface area contributed by atoms with Crippen molar-refractivity contribution in [1.29, 1.82) is 0 Å². The maximum absolute atomic E-state index is 12.2. The van der Waals surface area contributed by atoms with Crippen LogP contribution in [0, 0.1) is 5.41 Å². The molecular weight excluding hydrogens is 386 g/mol. The number of nitrogens with one attached hydrogen (secondary N) is 1. The summed E-state index contributed by atoms with van der Waals surface area (Å²) in [6.07, 6.45) is 8.94. The lowest BCUT2D eigenvalue weighted by atomic mass is 9.86. The van der Waals surface area contributed by atoms with Crippen LogP contribution >= 0.6 is 0 Å². The van der Waals surface area contributed by atoms with E-state index < -0.39 is 0 Å². The first-order valence-corrected chi connectivity index (χ1v) is 12.1. The zero-order valence-electron chi connectivity index (χ0n) is 19.4. The molecule has 1 N–H and O–H groups in total. The number of aliphatic imine (C=N–C) groups is 1. The molecule has 1 amide bonds. The standard InChI is InChI=1S/C25H39N5O/c1-28(2)23(31)18-26-24(30-17-14-25(20-30)12-6-7-13-25)27-22-10-15-29(16-11-22)19-21-8-4-3-5-9-21/h3-5,8-9,22H,6-7,10-20H2,1-2H3,(H,26,27). The van der Waals surface area contributed by atoms with Gasteiger partial charge >= 0.3 is 0 Å². The van der Waals surface area contributed by atoms with E-state index in [2.05, 4.69) is 45.4 Å². The third kappa shape index (κ3) is 5.79. The predicted octanol–water partition coefficient (Wildman–Crippen LogP) is 2.95. The van der Waals surface area contributed by atoms with Crippen LogP contribution in [-0.4, -0.2) is 79.4 Å². The lowest BCUT2D eigenvalue weighted by Gasteiger charge is -2.35. The fraction of sp³-hybridized carbons (Fsp3) is 0.680. The Labute approximate surface area is 187 Å². The summed E-state index contributed by atoms with van der Waals surface area (Å²) < 4.78 is 0. The Kier molecular flexibility index (Phi) is 7.16. The molecule has 170 valence electrons. The highest BCUT2D eigenvalue weighted by atomic mass is 16.2. The van der Waals surface area contributed by atoms with E-state index in [1.54, 1.807) is 19.0 Å². The van der Waals surface area contributed by atoms with Crippen molar-refractivity contribution in [1.82, 2.24) is 20.0 Å². The van der Waals surface area contributed by atoms with Gasteiger partial charge in [0, 0.05) is 52.9 Å². The molecule has 0 atom stereocenters. The van der Waals surface area contributed by atoms with Crippen LogP contribution in [0.4, 0.5) is 0 Å². The van der Waals surface area contributed by atoms with Crippen molar-refractivity contribution in [3.05, 3.63) is 35.9 Å². The van der Waals surface area contributed by atoms with E-state index in [-0.39, 0.29) is 12.5 Å². The number of hydrogen-bond donors (Lipinski definition) is 1. The molecule has 2 aliphatic heterocycles. The third-order valence-electron chi connectivity index (χ3n) is 7.43. The predicted molar refractivity (Wildman–Crippen MR) is 126 cm³/mol. The van der Waals surface area contributed by atoms with Crippen LogP contribution in [0.5, 0.6) is 0 Å². The van der Waals surface area contributed by atoms with Crippen molar-refractivity contribution in [3.8, 4) is 0 Å². The SMILES string of the molecule is CN(C)C(=O)CN=C(NC1CCN(Cc2ccccc2)CC1)N1CCC2(CCCC2)C1. The van der Waals surface area contributed by atoms with Gasteiger partial charge in [0.1, 0.15) is 6.54 Å². The number of nitrogens with zero attached hydrogens (tertiary/aromatic N) is 4. The number of carbonyl (C=O) groups is 1. The number of amides is 1. The molecule has 1 saturated carbocycles. The number of hydrogen-bond acceptors (Lipinski definition) is 3. The molecule has 4 rings (SSSR count). The highest BCUT2D eigenvalue weighted by molar-refractivity contribution is 5.85. The van der Waals surface area contributed by atoms with E-state index in [0.717, 1.165) is 51.5 Å². The van der Waals surface area contributed by atoms with Crippen LogP contribution < -0.4 is 5.32 Å². The quantitative estimate of drug-likeness (QED) is 0.582. The highest BCUT2D eigenvalue weighted by Gasteiger charge is 2.41. The number of rotatable bonds is 5. The van der Waals surface area contributed by atoms with Crippen LogP contribution in [0.3, 0.4) is 0 Å². The highest BCUT2D eigenvalue weighted by Crippen LogP contribution is 2.45. The van der Waals surface area contributed by atoms with E-state index in [0.29, 0.717) is 11.5 Å². The summed E-state index contributed by atoms with van der Waals surface area (Å²) in [6.45, 7) is 5.61. The molecule has 2 heterocycles. The topological polar surface area (TPSA) is 51.2 Å². The van der Waals surface area contributed by atoms with Gasteiger partial charge in [-0.1, -0.05) is 43.2 Å². The van der Waals surface area contributed by atoms with Crippen molar-refractivity contribution < 1.29 is 4.79 Å². The first-order valence-electron chi connectivity index (χ1n) is 12.1. The molecule has 0 radical (unpaired) electrons. The maximum atomic E-state index is 12.2. The molecule has 1 aliphatic carbocycles. The Bertz CT molecular complexity index is 748. The van der Waals surface area contributed by atoms with Gasteiger partial charge in [0.25, 0.3) is 0 Å². The number of piperidine rings is 1. The molecule has 0 bridgehead atoms. The molecule has 3 aliphatic rings. The summed E-state index contributed by atoms with van der Waals surface area (Å²) in [5, 5.41) is 3.76. The first kappa shape index (κ1) is 22.1. The fourth-order valence-electron chi connectivity index (χ4n) is 5.43. The van der Waals surface area contributed by atoms with Crippen molar-refractivity contribution >= 4 is 11.9 Å². The Hall–Kier alpha value is -2.08. The van der Waals surface area contributed by atoms with Crippen molar-refractivity contribution in [2.24, 2.45) is 10.4 Å². The number of carbonyl (C=O) groups excluding carboxylic acids is 1. The van der Waals surface area contributed by atoms with Gasteiger partial charge in [-0.15, -0.1) is 0 Å². The van der Waals surface area contributed by atoms with Crippen LogP contribution in [0.1, 0.15) is 50.5 Å². The van der Waals surface area contributed by atoms with Gasteiger partial charge in [-0.3, -0.25) is 9.69 Å². The van der Waals surface area contributed by atoms with Gasteiger partial charge in [0.05, 0.1) is 0 Å². The van der Waals surface area contributed by atoms with Crippen molar-refractivity contribution in [2.75, 3.05) is 46.8 Å². The summed E-state index contributed by atoms with van der Waals surface area (Å²) in [5.41, 5.74) is 1.88. The number of likely N-dealkylation sites (N-methyl/N-ethyl adjacent to an activating group) is 1. The molecule has 31 heavy (non-hydrogen) atoms. The largest absolute Gasteiger partial charge is 0.353 e. The average molecular weight is 426 g/mol. The van der Waals surface area contributed by atoms with Crippen molar-refractivity contribution in [3.63, 3.8) is 0 Å². The van der Waals surface area contributed by atoms with Crippen LogP contribution in [0.15, 0.2) is 35.3 Å². The van der Waals surface area contributed by atoms with Gasteiger partial charge in [0.2, 0.25) is 5.91 Å². The van der Waals surface area contributed by atoms with Crippen LogP contribution in [0.2, 0.25) is 0 Å². The lowest BCUT2D eigenvalue weighted by molar-refractivity contribution is -0.127. The molecule has 6 nitrogen and oxygen atoms in total. The minimum absolute atomic E-state index is 0.0618. The minimum Gasteiger partial charge on any atom is -0.353 e. The number of benzene rings is 1. The summed E-state index contributed by atoms with van der Waals surface area (Å²) in [6, 6.07) is 11.2. The van der Waals surface area contributed by atoms with E-state index in [4.69, 9.17) is 4.99 Å². The fourth-order valence-corrected chi connectivity index (χ4v) is 5.43. The smallest absolute Gasteiger partial charge is 0.243 e. The monoisotopic (exact) mass is 425 g/mol.